The number of phenolic OH excluding ortho intramolecular Hbond substituents is 1. The fourth-order valence-electron chi connectivity index (χ4n) is 6.71. The van der Waals surface area contributed by atoms with Gasteiger partial charge < -0.3 is 50.0 Å². The van der Waals surface area contributed by atoms with E-state index >= 15 is 0 Å². The molecule has 2 saturated heterocycles. The van der Waals surface area contributed by atoms with Crippen molar-refractivity contribution in [3.63, 3.8) is 0 Å². The number of fused-ring (bicyclic) bond motifs is 1. The van der Waals surface area contributed by atoms with Crippen LogP contribution in [0.5, 0.6) is 11.5 Å². The number of carboxylic acids is 1. The Labute approximate surface area is 249 Å². The minimum absolute atomic E-state index is 0.00445. The Balaban J connectivity index is 1.61. The number of hydrogen-bond acceptors (Lipinski definition) is 11. The second-order valence-electron chi connectivity index (χ2n) is 11.9. The molecule has 2 heterocycles. The smallest absolute Gasteiger partial charge is 0.335 e. The first-order valence-electron chi connectivity index (χ1n) is 14.6. The van der Waals surface area contributed by atoms with Crippen molar-refractivity contribution in [3.05, 3.63) is 34.9 Å². The van der Waals surface area contributed by atoms with Gasteiger partial charge in [0.15, 0.2) is 5.78 Å². The van der Waals surface area contributed by atoms with Gasteiger partial charge in [-0.05, 0) is 80.4 Å². The van der Waals surface area contributed by atoms with Crippen LogP contribution < -0.4 is 4.74 Å². The van der Waals surface area contributed by atoms with Gasteiger partial charge in [-0.2, -0.15) is 0 Å². The van der Waals surface area contributed by atoms with E-state index in [1.165, 1.54) is 19.1 Å². The average Bonchev–Trinajstić information content (AvgIpc) is 2.96. The zero-order valence-electron chi connectivity index (χ0n) is 24.6. The summed E-state index contributed by atoms with van der Waals surface area (Å²) in [6.45, 7) is 5.30. The third kappa shape index (κ3) is 6.51. The Hall–Kier alpha value is -2.84. The van der Waals surface area contributed by atoms with E-state index in [4.69, 9.17) is 14.2 Å². The van der Waals surface area contributed by atoms with Gasteiger partial charge in [0, 0.05) is 19.8 Å². The number of aromatic carboxylic acids is 1. The molecule has 0 bridgehead atoms. The molecular formula is C31H42O12. The molecule has 0 amide bonds. The van der Waals surface area contributed by atoms with Crippen molar-refractivity contribution < 1.29 is 59.5 Å². The van der Waals surface area contributed by atoms with E-state index < -0.39 is 54.3 Å². The van der Waals surface area contributed by atoms with Crippen molar-refractivity contribution in [2.75, 3.05) is 26.4 Å². The molecule has 238 valence electrons. The number of aryl methyl sites for hydroxylation is 1. The number of Topliss-reactive ketones (excluding diaryl/α,β-unsaturated/α-hetero) is 1. The summed E-state index contributed by atoms with van der Waals surface area (Å²) < 4.78 is 17.2. The molecular weight excluding hydrogens is 564 g/mol. The molecule has 2 aromatic carbocycles. The highest BCUT2D eigenvalue weighted by Crippen LogP contribution is 2.42. The quantitative estimate of drug-likeness (QED) is 0.183. The van der Waals surface area contributed by atoms with Gasteiger partial charge >= 0.3 is 5.97 Å². The van der Waals surface area contributed by atoms with Gasteiger partial charge in [0.1, 0.15) is 35.4 Å². The van der Waals surface area contributed by atoms with Crippen molar-refractivity contribution in [3.8, 4) is 11.5 Å². The molecule has 12 nitrogen and oxygen atoms in total. The second-order valence-corrected chi connectivity index (χ2v) is 11.9. The van der Waals surface area contributed by atoms with E-state index in [1.807, 2.05) is 6.92 Å². The Morgan fingerprint density at radius 3 is 2.53 bits per heavy atom. The van der Waals surface area contributed by atoms with Crippen LogP contribution in [0.3, 0.4) is 0 Å². The summed E-state index contributed by atoms with van der Waals surface area (Å²) in [6.07, 6.45) is -4.95. The molecule has 43 heavy (non-hydrogen) atoms. The number of phenols is 1. The molecule has 2 aliphatic heterocycles. The van der Waals surface area contributed by atoms with Crippen LogP contribution in [0.4, 0.5) is 0 Å². The number of aliphatic hydroxyl groups excluding tert-OH is 4. The zero-order chi connectivity index (χ0) is 31.6. The maximum atomic E-state index is 12.3. The first-order chi connectivity index (χ1) is 20.3. The third-order valence-corrected chi connectivity index (χ3v) is 9.11. The van der Waals surface area contributed by atoms with Gasteiger partial charge in [-0.1, -0.05) is 13.0 Å². The number of hydrogen-bond donors (Lipinski definition) is 7. The largest absolute Gasteiger partial charge is 0.506 e. The number of rotatable bonds is 11. The average molecular weight is 607 g/mol. The molecule has 0 aliphatic carbocycles. The molecule has 0 unspecified atom stereocenters. The van der Waals surface area contributed by atoms with Crippen LogP contribution in [-0.2, 0) is 9.47 Å². The number of aromatic hydroxyl groups is 1. The molecule has 12 heteroatoms. The summed E-state index contributed by atoms with van der Waals surface area (Å²) in [5.74, 6) is -1.99. The van der Waals surface area contributed by atoms with Crippen molar-refractivity contribution in [2.24, 2.45) is 17.8 Å². The van der Waals surface area contributed by atoms with Crippen molar-refractivity contribution in [1.29, 1.82) is 0 Å². The Kier molecular flexibility index (Phi) is 10.3. The summed E-state index contributed by atoms with van der Waals surface area (Å²) in [5, 5.41) is 74.3. The van der Waals surface area contributed by atoms with Crippen LogP contribution in [-0.4, -0.2) is 104 Å². The molecule has 0 aromatic heterocycles. The molecule has 8 atom stereocenters. The van der Waals surface area contributed by atoms with Gasteiger partial charge in [-0.15, -0.1) is 0 Å². The monoisotopic (exact) mass is 606 g/mol. The number of ether oxygens (including phenoxy) is 3. The van der Waals surface area contributed by atoms with Crippen molar-refractivity contribution in [1.82, 2.24) is 0 Å². The van der Waals surface area contributed by atoms with E-state index in [1.54, 1.807) is 6.92 Å². The zero-order valence-corrected chi connectivity index (χ0v) is 24.6. The summed E-state index contributed by atoms with van der Waals surface area (Å²) >= 11 is 0. The molecule has 0 radical (unpaired) electrons. The summed E-state index contributed by atoms with van der Waals surface area (Å²) in [5.41, 5.74) is -1.84. The maximum Gasteiger partial charge on any atom is 0.335 e. The molecule has 2 fully saturated rings. The number of carbonyl (C=O) groups is 2. The number of ketones is 1. The number of carboxylic acid groups (broad SMARTS) is 1. The highest BCUT2D eigenvalue weighted by molar-refractivity contribution is 6.08. The maximum absolute atomic E-state index is 12.3. The molecule has 7 N–H and O–H groups in total. The lowest BCUT2D eigenvalue weighted by molar-refractivity contribution is -0.315. The number of benzene rings is 2. The van der Waals surface area contributed by atoms with E-state index in [2.05, 4.69) is 0 Å². The molecule has 4 rings (SSSR count). The van der Waals surface area contributed by atoms with Crippen LogP contribution in [0.1, 0.15) is 65.8 Å². The van der Waals surface area contributed by atoms with E-state index in [0.717, 1.165) is 12.5 Å². The molecule has 0 spiro atoms. The van der Waals surface area contributed by atoms with Crippen LogP contribution >= 0.6 is 0 Å². The van der Waals surface area contributed by atoms with Gasteiger partial charge in [-0.25, -0.2) is 4.79 Å². The first kappa shape index (κ1) is 33.1. The van der Waals surface area contributed by atoms with Gasteiger partial charge in [-0.3, -0.25) is 4.79 Å². The summed E-state index contributed by atoms with van der Waals surface area (Å²) in [7, 11) is 0. The third-order valence-electron chi connectivity index (χ3n) is 9.11. The van der Waals surface area contributed by atoms with Crippen LogP contribution in [0, 0.1) is 24.7 Å². The van der Waals surface area contributed by atoms with E-state index in [0.29, 0.717) is 31.6 Å². The molecule has 0 saturated carbocycles. The van der Waals surface area contributed by atoms with E-state index in [9.17, 15) is 45.3 Å². The van der Waals surface area contributed by atoms with Gasteiger partial charge in [0.2, 0.25) is 6.29 Å². The van der Waals surface area contributed by atoms with Crippen LogP contribution in [0.25, 0.3) is 10.8 Å². The van der Waals surface area contributed by atoms with Crippen LogP contribution in [0.2, 0.25) is 0 Å². The Morgan fingerprint density at radius 2 is 1.91 bits per heavy atom. The predicted molar refractivity (Wildman–Crippen MR) is 153 cm³/mol. The lowest BCUT2D eigenvalue weighted by Crippen LogP contribution is -2.67. The minimum atomic E-state index is -2.05. The van der Waals surface area contributed by atoms with Gasteiger partial charge in [0.25, 0.3) is 0 Å². The summed E-state index contributed by atoms with van der Waals surface area (Å²) in [4.78, 5) is 24.1. The molecule has 2 aromatic rings. The van der Waals surface area contributed by atoms with Crippen molar-refractivity contribution >= 4 is 22.5 Å². The standard InChI is InChI=1S/C31H42O12/c1-15(21-6-9-41-14-18(21)5-8-32)4-7-31(40)23(13-33)43-30(27(36)28(31)37)42-22-12-20(29(38)39)11-19-10-16(2)24(17(3)34)26(35)25(19)22/h10-12,15,18,21,23,27-28,30,32-33,35-37,40H,4-9,13-14H2,1-3H3,(H,38,39)/t15-,18+,21+,23-,27-,28-,30+,31-/m1/s1. The Morgan fingerprint density at radius 1 is 1.19 bits per heavy atom. The Bertz CT molecular complexity index is 1320. The lowest BCUT2D eigenvalue weighted by Gasteiger charge is -2.48. The SMILES string of the molecule is CC(=O)c1c(C)cc2cc(C(=O)O)cc(O[C@H]3O[C@H](CO)[C@](O)(CC[C@@H](C)[C@@H]4CCOC[C@@H]4CCO)[C@H](O)[C@H]3O)c2c1O. The second kappa shape index (κ2) is 13.4. The number of carbonyl (C=O) groups excluding carboxylic acids is 1. The fourth-order valence-corrected chi connectivity index (χ4v) is 6.71. The van der Waals surface area contributed by atoms with Crippen LogP contribution in [0.15, 0.2) is 18.2 Å². The predicted octanol–water partition coefficient (Wildman–Crippen LogP) is 1.75. The lowest BCUT2D eigenvalue weighted by atomic mass is 9.73. The van der Waals surface area contributed by atoms with E-state index in [-0.39, 0.29) is 58.4 Å². The highest BCUT2D eigenvalue weighted by Gasteiger charge is 2.55. The van der Waals surface area contributed by atoms with Crippen molar-refractivity contribution in [2.45, 2.75) is 76.7 Å². The number of aliphatic hydroxyl groups is 5. The normalized spacial score (nSPS) is 30.2. The molecule has 2 aliphatic rings. The first-order valence-corrected chi connectivity index (χ1v) is 14.6. The highest BCUT2D eigenvalue weighted by atomic mass is 16.7. The minimum Gasteiger partial charge on any atom is -0.506 e. The fraction of sp³-hybridized carbons (Fsp3) is 0.613. The van der Waals surface area contributed by atoms with Gasteiger partial charge in [0.05, 0.1) is 23.1 Å². The topological polar surface area (TPSA) is 203 Å². The summed E-state index contributed by atoms with van der Waals surface area (Å²) in [6, 6.07) is 3.92.